The predicted octanol–water partition coefficient (Wildman–Crippen LogP) is 1.54. The van der Waals surface area contributed by atoms with E-state index in [1.165, 1.54) is 25.3 Å². The molecule has 3 nitrogen and oxygen atoms in total. The standard InChI is InChI=1S/C10H13F2NO2/c1-15-9-4-8(14)3-2-7(9)5-10(11,12)6-13/h2-4,14H,5-6,13H2,1H3. The molecule has 0 saturated heterocycles. The Kier molecular flexibility index (Phi) is 3.47. The van der Waals surface area contributed by atoms with Crippen LogP contribution in [0, 0.1) is 0 Å². The Bertz CT molecular complexity index is 342. The first-order valence-electron chi connectivity index (χ1n) is 4.42. The second-order valence-corrected chi connectivity index (χ2v) is 3.23. The van der Waals surface area contributed by atoms with Crippen LogP contribution in [0.5, 0.6) is 11.5 Å². The summed E-state index contributed by atoms with van der Waals surface area (Å²) in [6.07, 6.45) is -0.493. The van der Waals surface area contributed by atoms with E-state index in [4.69, 9.17) is 15.6 Å². The zero-order valence-corrected chi connectivity index (χ0v) is 8.34. The summed E-state index contributed by atoms with van der Waals surface area (Å²) in [5.41, 5.74) is 5.26. The van der Waals surface area contributed by atoms with Gasteiger partial charge in [0.1, 0.15) is 11.5 Å². The third-order valence-corrected chi connectivity index (χ3v) is 2.02. The van der Waals surface area contributed by atoms with E-state index >= 15 is 0 Å². The molecule has 0 aliphatic heterocycles. The molecule has 1 rings (SSSR count). The van der Waals surface area contributed by atoms with Crippen LogP contribution in [0.15, 0.2) is 18.2 Å². The quantitative estimate of drug-likeness (QED) is 0.804. The summed E-state index contributed by atoms with van der Waals surface area (Å²) in [6, 6.07) is 4.03. The summed E-state index contributed by atoms with van der Waals surface area (Å²) < 4.78 is 30.9. The van der Waals surface area contributed by atoms with Crippen molar-refractivity contribution in [2.75, 3.05) is 13.7 Å². The predicted molar refractivity (Wildman–Crippen MR) is 52.4 cm³/mol. The maximum atomic E-state index is 13.0. The molecule has 1 aromatic carbocycles. The van der Waals surface area contributed by atoms with E-state index < -0.39 is 18.9 Å². The lowest BCUT2D eigenvalue weighted by Gasteiger charge is -2.15. The first-order chi connectivity index (χ1) is 6.98. The highest BCUT2D eigenvalue weighted by Gasteiger charge is 2.28. The van der Waals surface area contributed by atoms with E-state index in [0.29, 0.717) is 5.56 Å². The molecule has 0 aromatic heterocycles. The molecule has 0 heterocycles. The molecule has 0 spiro atoms. The minimum atomic E-state index is -2.95. The molecule has 3 N–H and O–H groups in total. The highest BCUT2D eigenvalue weighted by atomic mass is 19.3. The monoisotopic (exact) mass is 217 g/mol. The first kappa shape index (κ1) is 11.7. The molecule has 0 fully saturated rings. The maximum absolute atomic E-state index is 13.0. The molecule has 0 saturated carbocycles. The van der Waals surface area contributed by atoms with Gasteiger partial charge in [0.15, 0.2) is 0 Å². The number of phenolic OH excluding ortho intramolecular Hbond substituents is 1. The largest absolute Gasteiger partial charge is 0.508 e. The third kappa shape index (κ3) is 3.06. The van der Waals surface area contributed by atoms with Crippen molar-refractivity contribution in [3.8, 4) is 11.5 Å². The second-order valence-electron chi connectivity index (χ2n) is 3.23. The number of methoxy groups -OCH3 is 1. The number of alkyl halides is 2. The minimum absolute atomic E-state index is 0.0216. The highest BCUT2D eigenvalue weighted by molar-refractivity contribution is 5.40. The van der Waals surface area contributed by atoms with Crippen LogP contribution in [0.1, 0.15) is 5.56 Å². The Morgan fingerprint density at radius 3 is 2.67 bits per heavy atom. The number of benzene rings is 1. The van der Waals surface area contributed by atoms with Gasteiger partial charge in [-0.1, -0.05) is 6.07 Å². The Hall–Kier alpha value is -1.36. The Morgan fingerprint density at radius 1 is 1.47 bits per heavy atom. The zero-order chi connectivity index (χ0) is 11.5. The van der Waals surface area contributed by atoms with Crippen LogP contribution in [0.25, 0.3) is 0 Å². The van der Waals surface area contributed by atoms with Gasteiger partial charge in [0.25, 0.3) is 5.92 Å². The Balaban J connectivity index is 2.94. The van der Waals surface area contributed by atoms with Gasteiger partial charge in [-0.05, 0) is 6.07 Å². The van der Waals surface area contributed by atoms with E-state index in [2.05, 4.69) is 0 Å². The number of hydrogen-bond donors (Lipinski definition) is 2. The van der Waals surface area contributed by atoms with E-state index in [-0.39, 0.29) is 11.5 Å². The summed E-state index contributed by atoms with van der Waals surface area (Å²) in [6.45, 7) is -0.711. The van der Waals surface area contributed by atoms with E-state index in [1.54, 1.807) is 0 Å². The van der Waals surface area contributed by atoms with Crippen molar-refractivity contribution in [3.63, 3.8) is 0 Å². The Labute approximate surface area is 86.5 Å². The van der Waals surface area contributed by atoms with Gasteiger partial charge in [-0.15, -0.1) is 0 Å². The summed E-state index contributed by atoms with van der Waals surface area (Å²) in [7, 11) is 1.36. The molecule has 0 aliphatic rings. The normalized spacial score (nSPS) is 11.5. The number of hydrogen-bond acceptors (Lipinski definition) is 3. The van der Waals surface area contributed by atoms with Crippen molar-refractivity contribution in [2.24, 2.45) is 5.73 Å². The summed E-state index contributed by atoms with van der Waals surface area (Å²) in [5, 5.41) is 9.13. The number of aromatic hydroxyl groups is 1. The van der Waals surface area contributed by atoms with Gasteiger partial charge in [0.05, 0.1) is 13.7 Å². The SMILES string of the molecule is COc1cc(O)ccc1CC(F)(F)CN. The molecule has 0 bridgehead atoms. The van der Waals surface area contributed by atoms with Crippen molar-refractivity contribution in [2.45, 2.75) is 12.3 Å². The average Bonchev–Trinajstić information content (AvgIpc) is 2.20. The molecule has 1 aromatic rings. The lowest BCUT2D eigenvalue weighted by molar-refractivity contribution is 0.0109. The molecule has 0 atom stereocenters. The van der Waals surface area contributed by atoms with Crippen molar-refractivity contribution < 1.29 is 18.6 Å². The van der Waals surface area contributed by atoms with Gasteiger partial charge < -0.3 is 15.6 Å². The molecule has 0 radical (unpaired) electrons. The summed E-state index contributed by atoms with van der Waals surface area (Å²) >= 11 is 0. The molecule has 0 amide bonds. The van der Waals surface area contributed by atoms with Gasteiger partial charge in [-0.2, -0.15) is 0 Å². The van der Waals surface area contributed by atoms with Crippen LogP contribution < -0.4 is 10.5 Å². The summed E-state index contributed by atoms with van der Waals surface area (Å²) in [5.74, 6) is -2.74. The van der Waals surface area contributed by atoms with Crippen LogP contribution >= 0.6 is 0 Å². The summed E-state index contributed by atoms with van der Waals surface area (Å²) in [4.78, 5) is 0. The highest BCUT2D eigenvalue weighted by Crippen LogP contribution is 2.28. The lowest BCUT2D eigenvalue weighted by Crippen LogP contribution is -2.30. The third-order valence-electron chi connectivity index (χ3n) is 2.02. The molecule has 84 valence electrons. The fraction of sp³-hybridized carbons (Fsp3) is 0.400. The topological polar surface area (TPSA) is 55.5 Å². The molecule has 0 aliphatic carbocycles. The van der Waals surface area contributed by atoms with E-state index in [9.17, 15) is 8.78 Å². The molecule has 15 heavy (non-hydrogen) atoms. The Morgan fingerprint density at radius 2 is 2.13 bits per heavy atom. The molecule has 0 unspecified atom stereocenters. The second kappa shape index (κ2) is 4.44. The van der Waals surface area contributed by atoms with Gasteiger partial charge in [0, 0.05) is 18.1 Å². The molecular formula is C10H13F2NO2. The van der Waals surface area contributed by atoms with Gasteiger partial charge in [-0.3, -0.25) is 0 Å². The van der Waals surface area contributed by atoms with Crippen LogP contribution in [0.4, 0.5) is 8.78 Å². The first-order valence-corrected chi connectivity index (χ1v) is 4.42. The fourth-order valence-electron chi connectivity index (χ4n) is 1.23. The van der Waals surface area contributed by atoms with Gasteiger partial charge in [0.2, 0.25) is 0 Å². The zero-order valence-electron chi connectivity index (χ0n) is 8.34. The smallest absolute Gasteiger partial charge is 0.264 e. The van der Waals surface area contributed by atoms with Gasteiger partial charge in [-0.25, -0.2) is 8.78 Å². The fourth-order valence-corrected chi connectivity index (χ4v) is 1.23. The number of halogens is 2. The lowest BCUT2D eigenvalue weighted by atomic mass is 10.1. The van der Waals surface area contributed by atoms with Crippen molar-refractivity contribution in [1.29, 1.82) is 0 Å². The van der Waals surface area contributed by atoms with Crippen molar-refractivity contribution >= 4 is 0 Å². The maximum Gasteiger partial charge on any atom is 0.264 e. The van der Waals surface area contributed by atoms with Crippen LogP contribution in [-0.2, 0) is 6.42 Å². The van der Waals surface area contributed by atoms with E-state index in [1.807, 2.05) is 0 Å². The van der Waals surface area contributed by atoms with E-state index in [0.717, 1.165) is 0 Å². The number of phenols is 1. The van der Waals surface area contributed by atoms with Crippen molar-refractivity contribution in [1.82, 2.24) is 0 Å². The molecule has 5 heteroatoms. The van der Waals surface area contributed by atoms with Crippen LogP contribution in [-0.4, -0.2) is 24.7 Å². The van der Waals surface area contributed by atoms with Gasteiger partial charge >= 0.3 is 0 Å². The number of ether oxygens (including phenoxy) is 1. The number of rotatable bonds is 4. The van der Waals surface area contributed by atoms with Crippen molar-refractivity contribution in [3.05, 3.63) is 23.8 Å². The number of nitrogens with two attached hydrogens (primary N) is 1. The van der Waals surface area contributed by atoms with Crippen LogP contribution in [0.3, 0.4) is 0 Å². The van der Waals surface area contributed by atoms with Crippen LogP contribution in [0.2, 0.25) is 0 Å². The molecular weight excluding hydrogens is 204 g/mol. The minimum Gasteiger partial charge on any atom is -0.508 e. The average molecular weight is 217 g/mol.